The van der Waals surface area contributed by atoms with Crippen molar-refractivity contribution in [1.82, 2.24) is 4.98 Å². The fraction of sp³-hybridized carbons (Fsp3) is 0.111. The number of aromatic nitrogens is 1. The topological polar surface area (TPSA) is 76.2 Å². The van der Waals surface area contributed by atoms with Crippen molar-refractivity contribution in [1.29, 1.82) is 0 Å². The normalized spacial score (nSPS) is 12.1. The maximum absolute atomic E-state index is 10.6. The van der Waals surface area contributed by atoms with Gasteiger partial charge in [-0.25, -0.2) is 0 Å². The van der Waals surface area contributed by atoms with E-state index in [1.807, 2.05) is 0 Å². The van der Waals surface area contributed by atoms with Gasteiger partial charge in [0.15, 0.2) is 0 Å². The van der Waals surface area contributed by atoms with Crippen molar-refractivity contribution in [2.24, 2.45) is 5.73 Å². The van der Waals surface area contributed by atoms with E-state index in [-0.39, 0.29) is 5.57 Å². The monoisotopic (exact) mass is 178 g/mol. The lowest BCUT2D eigenvalue weighted by atomic mass is 10.1. The third-order valence-electron chi connectivity index (χ3n) is 1.61. The first-order valence-electron chi connectivity index (χ1n) is 3.70. The Hall–Kier alpha value is -1.68. The molecule has 68 valence electrons. The molecule has 1 heterocycles. The fourth-order valence-corrected chi connectivity index (χ4v) is 0.851. The third-order valence-corrected chi connectivity index (χ3v) is 1.61. The Kier molecular flexibility index (Phi) is 2.76. The zero-order valence-corrected chi connectivity index (χ0v) is 6.97. The zero-order chi connectivity index (χ0) is 9.84. The summed E-state index contributed by atoms with van der Waals surface area (Å²) in [5.41, 5.74) is 5.26. The third kappa shape index (κ3) is 2.13. The highest BCUT2D eigenvalue weighted by molar-refractivity contribution is 5.92. The lowest BCUT2D eigenvalue weighted by Crippen LogP contribution is -2.19. The molecule has 0 saturated carbocycles. The molecule has 1 unspecified atom stereocenters. The summed E-state index contributed by atoms with van der Waals surface area (Å²) >= 11 is 0. The Morgan fingerprint density at radius 3 is 2.77 bits per heavy atom. The number of amides is 1. The lowest BCUT2D eigenvalue weighted by Gasteiger charge is -2.09. The summed E-state index contributed by atoms with van der Waals surface area (Å²) in [7, 11) is 0. The molecule has 1 aromatic rings. The number of aliphatic hydroxyl groups is 1. The van der Waals surface area contributed by atoms with Crippen molar-refractivity contribution >= 4 is 5.91 Å². The molecular formula is C9H10N2O2. The predicted octanol–water partition coefficient (Wildman–Crippen LogP) is 0.157. The quantitative estimate of drug-likeness (QED) is 0.647. The Bertz CT molecular complexity index is 322. The number of pyridine rings is 1. The van der Waals surface area contributed by atoms with Gasteiger partial charge in [-0.15, -0.1) is 0 Å². The molecule has 0 aliphatic rings. The van der Waals surface area contributed by atoms with E-state index in [1.165, 1.54) is 6.20 Å². The van der Waals surface area contributed by atoms with Gasteiger partial charge in [-0.3, -0.25) is 9.78 Å². The molecule has 0 aromatic carbocycles. The first kappa shape index (κ1) is 9.41. The van der Waals surface area contributed by atoms with E-state index >= 15 is 0 Å². The molecule has 1 amide bonds. The summed E-state index contributed by atoms with van der Waals surface area (Å²) in [6.45, 7) is 3.37. The van der Waals surface area contributed by atoms with E-state index in [1.54, 1.807) is 18.2 Å². The van der Waals surface area contributed by atoms with Crippen molar-refractivity contribution in [3.8, 4) is 0 Å². The van der Waals surface area contributed by atoms with E-state index in [4.69, 9.17) is 5.73 Å². The molecule has 0 aliphatic carbocycles. The second-order valence-electron chi connectivity index (χ2n) is 2.55. The number of hydrogen-bond donors (Lipinski definition) is 2. The first-order valence-corrected chi connectivity index (χ1v) is 3.70. The second-order valence-corrected chi connectivity index (χ2v) is 2.55. The molecule has 1 aromatic heterocycles. The Balaban J connectivity index is 2.86. The Morgan fingerprint density at radius 2 is 2.31 bits per heavy atom. The van der Waals surface area contributed by atoms with Gasteiger partial charge < -0.3 is 10.8 Å². The minimum atomic E-state index is -1.11. The molecule has 13 heavy (non-hydrogen) atoms. The first-order chi connectivity index (χ1) is 6.13. The summed E-state index contributed by atoms with van der Waals surface area (Å²) < 4.78 is 0. The van der Waals surface area contributed by atoms with E-state index < -0.39 is 12.0 Å². The molecule has 0 fully saturated rings. The number of rotatable bonds is 3. The van der Waals surface area contributed by atoms with Crippen LogP contribution >= 0.6 is 0 Å². The van der Waals surface area contributed by atoms with Gasteiger partial charge >= 0.3 is 0 Å². The van der Waals surface area contributed by atoms with Crippen LogP contribution in [0.2, 0.25) is 0 Å². The molecule has 0 spiro atoms. The summed E-state index contributed by atoms with van der Waals surface area (Å²) in [6.07, 6.45) is 0.408. The van der Waals surface area contributed by atoms with Crippen LogP contribution in [0.4, 0.5) is 0 Å². The molecule has 0 aliphatic heterocycles. The van der Waals surface area contributed by atoms with Crippen molar-refractivity contribution < 1.29 is 9.90 Å². The smallest absolute Gasteiger partial charge is 0.247 e. The van der Waals surface area contributed by atoms with Gasteiger partial charge in [-0.05, 0) is 12.1 Å². The van der Waals surface area contributed by atoms with Crippen molar-refractivity contribution in [3.63, 3.8) is 0 Å². The minimum absolute atomic E-state index is 0.0568. The largest absolute Gasteiger partial charge is 0.382 e. The molecule has 4 heteroatoms. The van der Waals surface area contributed by atoms with E-state index in [2.05, 4.69) is 11.6 Å². The zero-order valence-electron chi connectivity index (χ0n) is 6.97. The van der Waals surface area contributed by atoms with Crippen LogP contribution in [0.5, 0.6) is 0 Å². The molecule has 4 nitrogen and oxygen atoms in total. The number of nitrogens with zero attached hydrogens (tertiary/aromatic N) is 1. The SMILES string of the molecule is C=C(C(N)=O)C(O)c1ccccn1. The van der Waals surface area contributed by atoms with Crippen LogP contribution in [0.3, 0.4) is 0 Å². The highest BCUT2D eigenvalue weighted by Gasteiger charge is 2.16. The highest BCUT2D eigenvalue weighted by atomic mass is 16.3. The minimum Gasteiger partial charge on any atom is -0.382 e. The van der Waals surface area contributed by atoms with Gasteiger partial charge in [0.25, 0.3) is 0 Å². The van der Waals surface area contributed by atoms with Crippen molar-refractivity contribution in [3.05, 3.63) is 42.2 Å². The van der Waals surface area contributed by atoms with E-state index in [0.29, 0.717) is 5.69 Å². The second kappa shape index (κ2) is 3.82. The summed E-state index contributed by atoms with van der Waals surface area (Å²) in [6, 6.07) is 5.02. The van der Waals surface area contributed by atoms with Gasteiger partial charge in [0.1, 0.15) is 6.10 Å². The van der Waals surface area contributed by atoms with Crippen LogP contribution in [0.25, 0.3) is 0 Å². The van der Waals surface area contributed by atoms with Gasteiger partial charge in [0.2, 0.25) is 5.91 Å². The molecule has 0 radical (unpaired) electrons. The molecular weight excluding hydrogens is 168 g/mol. The summed E-state index contributed by atoms with van der Waals surface area (Å²) in [4.78, 5) is 14.5. The van der Waals surface area contributed by atoms with Gasteiger partial charge in [-0.1, -0.05) is 12.6 Å². The number of carbonyl (C=O) groups excluding carboxylic acids is 1. The molecule has 1 atom stereocenters. The van der Waals surface area contributed by atoms with Gasteiger partial charge in [-0.2, -0.15) is 0 Å². The lowest BCUT2D eigenvalue weighted by molar-refractivity contribution is -0.115. The van der Waals surface area contributed by atoms with Gasteiger partial charge in [0.05, 0.1) is 5.69 Å². The fourth-order valence-electron chi connectivity index (χ4n) is 0.851. The number of nitrogens with two attached hydrogens (primary N) is 1. The maximum Gasteiger partial charge on any atom is 0.247 e. The average Bonchev–Trinajstić information content (AvgIpc) is 2.17. The van der Waals surface area contributed by atoms with Crippen LogP contribution in [-0.4, -0.2) is 16.0 Å². The van der Waals surface area contributed by atoms with Crippen LogP contribution in [0, 0.1) is 0 Å². The van der Waals surface area contributed by atoms with Crippen molar-refractivity contribution in [2.75, 3.05) is 0 Å². The number of aliphatic hydroxyl groups excluding tert-OH is 1. The highest BCUT2D eigenvalue weighted by Crippen LogP contribution is 2.16. The maximum atomic E-state index is 10.6. The standard InChI is InChI=1S/C9H10N2O2/c1-6(9(10)13)8(12)7-4-2-3-5-11-7/h2-5,8,12H,1H2,(H2,10,13). The molecule has 1 rings (SSSR count). The number of hydrogen-bond acceptors (Lipinski definition) is 3. The van der Waals surface area contributed by atoms with Crippen LogP contribution in [0.15, 0.2) is 36.5 Å². The summed E-state index contributed by atoms with van der Waals surface area (Å²) in [5, 5.41) is 9.50. The van der Waals surface area contributed by atoms with Crippen LogP contribution in [0.1, 0.15) is 11.8 Å². The van der Waals surface area contributed by atoms with E-state index in [9.17, 15) is 9.90 Å². The predicted molar refractivity (Wildman–Crippen MR) is 47.5 cm³/mol. The van der Waals surface area contributed by atoms with Crippen molar-refractivity contribution in [2.45, 2.75) is 6.10 Å². The Labute approximate surface area is 75.7 Å². The number of carbonyl (C=O) groups is 1. The molecule has 0 bridgehead atoms. The summed E-state index contributed by atoms with van der Waals surface area (Å²) in [5.74, 6) is -0.724. The number of primary amides is 1. The average molecular weight is 178 g/mol. The Morgan fingerprint density at radius 1 is 1.62 bits per heavy atom. The van der Waals surface area contributed by atoms with Crippen LogP contribution < -0.4 is 5.73 Å². The van der Waals surface area contributed by atoms with Crippen LogP contribution in [-0.2, 0) is 4.79 Å². The van der Waals surface area contributed by atoms with E-state index in [0.717, 1.165) is 0 Å². The van der Waals surface area contributed by atoms with Gasteiger partial charge in [0, 0.05) is 11.8 Å². The molecule has 3 N–H and O–H groups in total. The molecule has 0 saturated heterocycles.